The molecule has 5 aromatic heterocycles. The molecule has 0 aliphatic carbocycles. The smallest absolute Gasteiger partial charge is 0.164 e. The molecule has 0 fully saturated rings. The van der Waals surface area contributed by atoms with Gasteiger partial charge in [-0.2, -0.15) is 0 Å². The first kappa shape index (κ1) is 30.9. The lowest BCUT2D eigenvalue weighted by molar-refractivity contribution is 1.08. The molecule has 0 aliphatic rings. The van der Waals surface area contributed by atoms with Crippen molar-refractivity contribution >= 4 is 91.4 Å². The zero-order valence-electron chi connectivity index (χ0n) is 30.4. The fraction of sp³-hybridized carbons (Fsp3) is 0. The molecule has 0 saturated heterocycles. The molecule has 0 radical (unpaired) electrons. The van der Waals surface area contributed by atoms with E-state index in [0.717, 1.165) is 27.8 Å². The van der Waals surface area contributed by atoms with Crippen LogP contribution in [0.5, 0.6) is 0 Å². The average Bonchev–Trinajstić information content (AvgIpc) is 4.03. The van der Waals surface area contributed by atoms with Gasteiger partial charge in [0.1, 0.15) is 0 Å². The highest BCUT2D eigenvalue weighted by Crippen LogP contribution is 2.48. The van der Waals surface area contributed by atoms with Crippen molar-refractivity contribution in [3.8, 4) is 39.9 Å². The SMILES string of the molecule is c1ccc(-c2nc(-c3ccccc3)nc(-c3ccc(-n4c5ccccc5c5c6c7cccc8c9ccccc9n(c6ccc54)c87)c4sc5ccccc5c34)n2)cc1. The summed E-state index contributed by atoms with van der Waals surface area (Å²) in [5.41, 5.74) is 10.2. The second-order valence-electron chi connectivity index (χ2n) is 14.7. The first-order chi connectivity index (χ1) is 28.3. The monoisotopic (exact) mass is 743 g/mol. The Morgan fingerprint density at radius 2 is 0.947 bits per heavy atom. The number of hydrogen-bond acceptors (Lipinski definition) is 4. The first-order valence-corrected chi connectivity index (χ1v) is 20.0. The van der Waals surface area contributed by atoms with Crippen LogP contribution in [0.3, 0.4) is 0 Å². The number of aromatic nitrogens is 5. The molecular weight excluding hydrogens is 715 g/mol. The number of rotatable bonds is 4. The molecule has 13 aromatic rings. The molecule has 0 bridgehead atoms. The van der Waals surface area contributed by atoms with Gasteiger partial charge in [-0.3, -0.25) is 0 Å². The average molecular weight is 744 g/mol. The first-order valence-electron chi connectivity index (χ1n) is 19.2. The standard InChI is InChI=1S/C51H29N5S/c1-3-14-30(15-4-1)49-52-50(31-16-5-2-6-17-31)54-51(53-49)37-26-27-42(48-44(37)35-20-9-12-25-43(35)57-48)55-39-24-11-8-19-34(39)45-40(55)28-29-41-46(45)36-22-13-21-33-32-18-7-10-23-38(32)56(41)47(33)36/h1-29H. The van der Waals surface area contributed by atoms with Crippen LogP contribution in [0.1, 0.15) is 0 Å². The van der Waals surface area contributed by atoms with Crippen molar-refractivity contribution in [3.05, 3.63) is 176 Å². The van der Waals surface area contributed by atoms with Crippen LogP contribution in [0.15, 0.2) is 176 Å². The Hall–Kier alpha value is -7.41. The van der Waals surface area contributed by atoms with Crippen LogP contribution in [0.2, 0.25) is 0 Å². The Morgan fingerprint density at radius 1 is 0.368 bits per heavy atom. The van der Waals surface area contributed by atoms with Crippen LogP contribution < -0.4 is 0 Å². The number of fused-ring (bicyclic) bond motifs is 13. The number of thiophene rings is 1. The summed E-state index contributed by atoms with van der Waals surface area (Å²) in [6, 6.07) is 62.7. The van der Waals surface area contributed by atoms with E-state index in [1.54, 1.807) is 0 Å². The van der Waals surface area contributed by atoms with Crippen molar-refractivity contribution in [3.63, 3.8) is 0 Å². The summed E-state index contributed by atoms with van der Waals surface area (Å²) in [7, 11) is 0. The minimum atomic E-state index is 0.653. The second kappa shape index (κ2) is 11.6. The van der Waals surface area contributed by atoms with Crippen LogP contribution >= 0.6 is 11.3 Å². The second-order valence-corrected chi connectivity index (χ2v) is 15.8. The van der Waals surface area contributed by atoms with Crippen LogP contribution in [-0.2, 0) is 0 Å². The number of benzene rings is 8. The van der Waals surface area contributed by atoms with Gasteiger partial charge in [0.2, 0.25) is 0 Å². The lowest BCUT2D eigenvalue weighted by Crippen LogP contribution is -2.01. The van der Waals surface area contributed by atoms with Gasteiger partial charge in [0.05, 0.1) is 38.0 Å². The van der Waals surface area contributed by atoms with Crippen LogP contribution in [0.25, 0.3) is 120 Å². The predicted molar refractivity (Wildman–Crippen MR) is 238 cm³/mol. The van der Waals surface area contributed by atoms with E-state index < -0.39 is 0 Å². The molecular formula is C51H29N5S. The zero-order valence-corrected chi connectivity index (χ0v) is 31.2. The van der Waals surface area contributed by atoms with Crippen molar-refractivity contribution in [2.45, 2.75) is 0 Å². The number of hydrogen-bond donors (Lipinski definition) is 0. The van der Waals surface area contributed by atoms with E-state index in [4.69, 9.17) is 15.0 Å². The van der Waals surface area contributed by atoms with Gasteiger partial charge in [0, 0.05) is 64.5 Å². The van der Waals surface area contributed by atoms with Gasteiger partial charge in [-0.25, -0.2) is 15.0 Å². The summed E-state index contributed by atoms with van der Waals surface area (Å²) in [6.45, 7) is 0. The van der Waals surface area contributed by atoms with Crippen molar-refractivity contribution in [1.82, 2.24) is 23.9 Å². The molecule has 0 atom stereocenters. The molecule has 0 unspecified atom stereocenters. The van der Waals surface area contributed by atoms with E-state index in [0.29, 0.717) is 17.5 Å². The highest BCUT2D eigenvalue weighted by Gasteiger charge is 2.25. The molecule has 5 nitrogen and oxygen atoms in total. The minimum absolute atomic E-state index is 0.653. The molecule has 13 rings (SSSR count). The maximum Gasteiger partial charge on any atom is 0.164 e. The van der Waals surface area contributed by atoms with Gasteiger partial charge < -0.3 is 8.97 Å². The predicted octanol–water partition coefficient (Wildman–Crippen LogP) is 13.5. The molecule has 0 amide bonds. The molecule has 0 saturated carbocycles. The number of para-hydroxylation sites is 3. The van der Waals surface area contributed by atoms with Crippen molar-refractivity contribution in [2.24, 2.45) is 0 Å². The molecule has 0 spiro atoms. The summed E-state index contributed by atoms with van der Waals surface area (Å²) in [4.78, 5) is 15.4. The summed E-state index contributed by atoms with van der Waals surface area (Å²) >= 11 is 1.83. The van der Waals surface area contributed by atoms with Crippen LogP contribution in [0, 0.1) is 0 Å². The minimum Gasteiger partial charge on any atom is -0.308 e. The van der Waals surface area contributed by atoms with Gasteiger partial charge in [0.25, 0.3) is 0 Å². The summed E-state index contributed by atoms with van der Waals surface area (Å²) < 4.78 is 7.37. The van der Waals surface area contributed by atoms with Crippen LogP contribution in [0.4, 0.5) is 0 Å². The summed E-state index contributed by atoms with van der Waals surface area (Å²) in [6.07, 6.45) is 0. The van der Waals surface area contributed by atoms with E-state index in [1.807, 2.05) is 47.7 Å². The Labute approximate surface area is 329 Å². The van der Waals surface area contributed by atoms with Gasteiger partial charge in [-0.05, 0) is 42.5 Å². The highest BCUT2D eigenvalue weighted by atomic mass is 32.1. The van der Waals surface area contributed by atoms with Crippen molar-refractivity contribution < 1.29 is 0 Å². The molecule has 264 valence electrons. The fourth-order valence-electron chi connectivity index (χ4n) is 9.34. The molecule has 6 heteroatoms. The lowest BCUT2D eigenvalue weighted by atomic mass is 10.0. The van der Waals surface area contributed by atoms with E-state index in [-0.39, 0.29) is 0 Å². The van der Waals surface area contributed by atoms with E-state index >= 15 is 0 Å². The van der Waals surface area contributed by atoms with Gasteiger partial charge in [0.15, 0.2) is 17.5 Å². The molecule has 8 aromatic carbocycles. The summed E-state index contributed by atoms with van der Waals surface area (Å²) in [5, 5.41) is 10.0. The largest absolute Gasteiger partial charge is 0.308 e. The zero-order chi connectivity index (χ0) is 37.2. The molecule has 0 N–H and O–H groups in total. The van der Waals surface area contributed by atoms with Crippen LogP contribution in [-0.4, -0.2) is 23.9 Å². The van der Waals surface area contributed by atoms with Gasteiger partial charge in [-0.15, -0.1) is 11.3 Å². The van der Waals surface area contributed by atoms with E-state index in [2.05, 4.69) is 148 Å². The summed E-state index contributed by atoms with van der Waals surface area (Å²) in [5.74, 6) is 1.96. The quantitative estimate of drug-likeness (QED) is 0.180. The third-order valence-electron chi connectivity index (χ3n) is 11.7. The highest BCUT2D eigenvalue weighted by molar-refractivity contribution is 7.26. The maximum absolute atomic E-state index is 5.20. The maximum atomic E-state index is 5.20. The van der Waals surface area contributed by atoms with Gasteiger partial charge in [-0.1, -0.05) is 133 Å². The Morgan fingerprint density at radius 3 is 1.72 bits per heavy atom. The van der Waals surface area contributed by atoms with E-state index in [9.17, 15) is 0 Å². The third kappa shape index (κ3) is 4.25. The normalized spacial score (nSPS) is 12.2. The fourth-order valence-corrected chi connectivity index (χ4v) is 10.6. The number of nitrogens with zero attached hydrogens (tertiary/aromatic N) is 5. The Kier molecular flexibility index (Phi) is 6.26. The Bertz CT molecular complexity index is 3690. The van der Waals surface area contributed by atoms with Crippen molar-refractivity contribution in [1.29, 1.82) is 0 Å². The lowest BCUT2D eigenvalue weighted by Gasteiger charge is -2.13. The molecule has 57 heavy (non-hydrogen) atoms. The van der Waals surface area contributed by atoms with E-state index in [1.165, 1.54) is 74.7 Å². The third-order valence-corrected chi connectivity index (χ3v) is 12.9. The van der Waals surface area contributed by atoms with Gasteiger partial charge >= 0.3 is 0 Å². The van der Waals surface area contributed by atoms with Crippen molar-refractivity contribution in [2.75, 3.05) is 0 Å². The Balaban J connectivity index is 1.13. The molecule has 0 aliphatic heterocycles. The topological polar surface area (TPSA) is 48.0 Å². The molecule has 5 heterocycles.